The van der Waals surface area contributed by atoms with Crippen LogP contribution in [-0.2, 0) is 27.2 Å². The molecular formula is C25H27Cl2NO4. The maximum Gasteiger partial charge on any atom is 0.312 e. The summed E-state index contributed by atoms with van der Waals surface area (Å²) in [6, 6.07) is 12.4. The van der Waals surface area contributed by atoms with Gasteiger partial charge >= 0.3 is 5.97 Å². The summed E-state index contributed by atoms with van der Waals surface area (Å²) in [7, 11) is 0. The molecule has 1 heterocycles. The fourth-order valence-corrected chi connectivity index (χ4v) is 4.35. The fourth-order valence-electron chi connectivity index (χ4n) is 4.02. The Hall–Kier alpha value is -2.37. The van der Waals surface area contributed by atoms with Crippen LogP contribution < -0.4 is 4.90 Å². The van der Waals surface area contributed by atoms with Crippen molar-refractivity contribution in [1.29, 1.82) is 0 Å². The van der Waals surface area contributed by atoms with Gasteiger partial charge in [0.15, 0.2) is 6.10 Å². The number of ether oxygens (including phenoxy) is 1. The molecular weight excluding hydrogens is 449 g/mol. The zero-order valence-electron chi connectivity index (χ0n) is 18.3. The highest BCUT2D eigenvalue weighted by Crippen LogP contribution is 2.33. The van der Waals surface area contributed by atoms with E-state index in [1.807, 2.05) is 32.0 Å². The predicted molar refractivity (Wildman–Crippen MR) is 127 cm³/mol. The summed E-state index contributed by atoms with van der Waals surface area (Å²) in [4.78, 5) is 40.3. The van der Waals surface area contributed by atoms with Gasteiger partial charge in [-0.15, -0.1) is 11.6 Å². The maximum absolute atomic E-state index is 12.9. The lowest BCUT2D eigenvalue weighted by Gasteiger charge is -2.23. The van der Waals surface area contributed by atoms with E-state index in [0.29, 0.717) is 10.6 Å². The Kier molecular flexibility index (Phi) is 8.32. The molecule has 2 aromatic rings. The molecule has 0 aromatic heterocycles. The first kappa shape index (κ1) is 24.3. The Labute approximate surface area is 198 Å². The number of Topliss-reactive ketones (excluding diaryl/α,β-unsaturated/α-hetero) is 1. The van der Waals surface area contributed by atoms with Crippen molar-refractivity contribution in [3.05, 3.63) is 64.2 Å². The van der Waals surface area contributed by atoms with Crippen LogP contribution in [0.25, 0.3) is 0 Å². The van der Waals surface area contributed by atoms with Crippen LogP contribution in [0.1, 0.15) is 48.2 Å². The van der Waals surface area contributed by atoms with E-state index in [0.717, 1.165) is 29.7 Å². The number of carbonyl (C=O) groups excluding carboxylic acids is 3. The minimum Gasteiger partial charge on any atom is -0.454 e. The van der Waals surface area contributed by atoms with Gasteiger partial charge in [0, 0.05) is 41.5 Å². The molecule has 3 rings (SSSR count). The minimum atomic E-state index is -1.00. The highest BCUT2D eigenvalue weighted by molar-refractivity contribution is 6.30. The van der Waals surface area contributed by atoms with Crippen molar-refractivity contribution in [3.8, 4) is 0 Å². The Morgan fingerprint density at radius 1 is 1.09 bits per heavy atom. The van der Waals surface area contributed by atoms with Crippen LogP contribution >= 0.6 is 23.2 Å². The van der Waals surface area contributed by atoms with Crippen molar-refractivity contribution < 1.29 is 19.1 Å². The van der Waals surface area contributed by atoms with Gasteiger partial charge in [-0.1, -0.05) is 43.6 Å². The smallest absolute Gasteiger partial charge is 0.312 e. The van der Waals surface area contributed by atoms with Gasteiger partial charge < -0.3 is 9.64 Å². The molecule has 1 aliphatic heterocycles. The number of anilines is 1. The number of ketones is 1. The number of aryl methyl sites for hydroxylation is 2. The molecule has 1 amide bonds. The van der Waals surface area contributed by atoms with E-state index in [9.17, 15) is 14.4 Å². The summed E-state index contributed by atoms with van der Waals surface area (Å²) in [5, 5.41) is 0.510. The third kappa shape index (κ3) is 5.33. The van der Waals surface area contributed by atoms with Crippen LogP contribution in [0.4, 0.5) is 5.69 Å². The molecule has 7 heteroatoms. The molecule has 170 valence electrons. The van der Waals surface area contributed by atoms with Crippen molar-refractivity contribution >= 4 is 46.5 Å². The van der Waals surface area contributed by atoms with Crippen molar-refractivity contribution in [2.45, 2.75) is 45.6 Å². The second-order valence-corrected chi connectivity index (χ2v) is 8.63. The lowest BCUT2D eigenvalue weighted by atomic mass is 10.0. The van der Waals surface area contributed by atoms with Crippen molar-refractivity contribution in [2.75, 3.05) is 17.3 Å². The number of nitrogens with zero attached hydrogens (tertiary/aromatic N) is 1. The average molecular weight is 476 g/mol. The van der Waals surface area contributed by atoms with E-state index in [1.165, 1.54) is 0 Å². The number of halogens is 2. The highest BCUT2D eigenvalue weighted by atomic mass is 35.5. The molecule has 0 radical (unpaired) electrons. The van der Waals surface area contributed by atoms with Gasteiger partial charge in [0.2, 0.25) is 11.7 Å². The molecule has 1 saturated heterocycles. The third-order valence-electron chi connectivity index (χ3n) is 5.74. The Bertz CT molecular complexity index is 968. The van der Waals surface area contributed by atoms with Gasteiger partial charge in [-0.05, 0) is 48.2 Å². The van der Waals surface area contributed by atoms with E-state index in [4.69, 9.17) is 27.9 Å². The van der Waals surface area contributed by atoms with E-state index in [1.54, 1.807) is 29.2 Å². The SMILES string of the molecule is CCc1cccc(CC)c1N1C[C@@H](C(=O)O[C@@H](CCCl)C(=O)c2ccc(Cl)cc2)CC1=O. The third-order valence-corrected chi connectivity index (χ3v) is 6.21. The average Bonchev–Trinajstić information content (AvgIpc) is 3.19. The van der Waals surface area contributed by atoms with Gasteiger partial charge in [-0.3, -0.25) is 14.4 Å². The molecule has 0 N–H and O–H groups in total. The zero-order valence-corrected chi connectivity index (χ0v) is 19.8. The second kappa shape index (κ2) is 11.0. The molecule has 0 aliphatic carbocycles. The largest absolute Gasteiger partial charge is 0.454 e. The summed E-state index contributed by atoms with van der Waals surface area (Å²) < 4.78 is 5.58. The van der Waals surface area contributed by atoms with Gasteiger partial charge in [0.25, 0.3) is 0 Å². The van der Waals surface area contributed by atoms with Crippen LogP contribution in [0.15, 0.2) is 42.5 Å². The number of para-hydroxylation sites is 1. The number of amides is 1. The van der Waals surface area contributed by atoms with Gasteiger partial charge in [-0.25, -0.2) is 0 Å². The quantitative estimate of drug-likeness (QED) is 0.282. The molecule has 5 nitrogen and oxygen atoms in total. The van der Waals surface area contributed by atoms with Crippen molar-refractivity contribution in [1.82, 2.24) is 0 Å². The predicted octanol–water partition coefficient (Wildman–Crippen LogP) is 5.24. The lowest BCUT2D eigenvalue weighted by Crippen LogP contribution is -2.33. The van der Waals surface area contributed by atoms with Gasteiger partial charge in [-0.2, -0.15) is 0 Å². The Morgan fingerprint density at radius 2 is 1.72 bits per heavy atom. The molecule has 32 heavy (non-hydrogen) atoms. The summed E-state index contributed by atoms with van der Waals surface area (Å²) in [5.41, 5.74) is 3.44. The van der Waals surface area contributed by atoms with E-state index in [-0.39, 0.29) is 37.0 Å². The number of benzene rings is 2. The molecule has 0 saturated carbocycles. The number of carbonyl (C=O) groups is 3. The standard InChI is InChI=1S/C25H27Cl2NO4/c1-3-16-6-5-7-17(4-2)23(16)28-15-19(14-22(28)29)25(31)32-21(12-13-26)24(30)18-8-10-20(27)11-9-18/h5-11,19,21H,3-4,12-15H2,1-2H3/t19-,21-/m0/s1. The molecule has 1 aliphatic rings. The molecule has 2 atom stereocenters. The van der Waals surface area contributed by atoms with Crippen LogP contribution in [0.2, 0.25) is 5.02 Å². The van der Waals surface area contributed by atoms with E-state index in [2.05, 4.69) is 0 Å². The summed E-state index contributed by atoms with van der Waals surface area (Å²) >= 11 is 11.8. The number of esters is 1. The molecule has 0 spiro atoms. The summed E-state index contributed by atoms with van der Waals surface area (Å²) in [6.45, 7) is 4.33. The van der Waals surface area contributed by atoms with Crippen LogP contribution in [0, 0.1) is 5.92 Å². The topological polar surface area (TPSA) is 63.7 Å². The molecule has 1 fully saturated rings. The Morgan fingerprint density at radius 3 is 2.28 bits per heavy atom. The first-order chi connectivity index (χ1) is 15.4. The van der Waals surface area contributed by atoms with Crippen LogP contribution in [0.3, 0.4) is 0 Å². The first-order valence-electron chi connectivity index (χ1n) is 10.9. The van der Waals surface area contributed by atoms with Gasteiger partial charge in [0.1, 0.15) is 0 Å². The fraction of sp³-hybridized carbons (Fsp3) is 0.400. The van der Waals surface area contributed by atoms with E-state index < -0.39 is 18.0 Å². The Balaban J connectivity index is 1.76. The molecule has 2 aromatic carbocycles. The van der Waals surface area contributed by atoms with Crippen LogP contribution in [0.5, 0.6) is 0 Å². The van der Waals surface area contributed by atoms with Crippen LogP contribution in [-0.4, -0.2) is 36.2 Å². The maximum atomic E-state index is 12.9. The highest BCUT2D eigenvalue weighted by Gasteiger charge is 2.39. The van der Waals surface area contributed by atoms with Crippen molar-refractivity contribution in [3.63, 3.8) is 0 Å². The number of rotatable bonds is 9. The molecule has 0 bridgehead atoms. The normalized spacial score (nSPS) is 16.8. The number of hydrogen-bond donors (Lipinski definition) is 0. The van der Waals surface area contributed by atoms with E-state index >= 15 is 0 Å². The monoisotopic (exact) mass is 475 g/mol. The molecule has 0 unspecified atom stereocenters. The van der Waals surface area contributed by atoms with Crippen molar-refractivity contribution in [2.24, 2.45) is 5.92 Å². The second-order valence-electron chi connectivity index (χ2n) is 7.81. The summed E-state index contributed by atoms with van der Waals surface area (Å²) in [6.07, 6.45) is 0.824. The first-order valence-corrected chi connectivity index (χ1v) is 11.8. The zero-order chi connectivity index (χ0) is 23.3. The minimum absolute atomic E-state index is 0.0583. The summed E-state index contributed by atoms with van der Waals surface area (Å²) in [5.74, 6) is -1.46. The number of alkyl halides is 1. The lowest BCUT2D eigenvalue weighted by molar-refractivity contribution is -0.151. The number of hydrogen-bond acceptors (Lipinski definition) is 4. The van der Waals surface area contributed by atoms with Gasteiger partial charge in [0.05, 0.1) is 5.92 Å².